The van der Waals surface area contributed by atoms with Gasteiger partial charge in [-0.1, -0.05) is 6.08 Å². The summed E-state index contributed by atoms with van der Waals surface area (Å²) in [5.74, 6) is -0.146. The second-order valence-corrected chi connectivity index (χ2v) is 3.62. The molecule has 0 atom stereocenters. The van der Waals surface area contributed by atoms with E-state index < -0.39 is 0 Å². The first-order valence-corrected chi connectivity index (χ1v) is 5.13. The molecular weight excluding hydrogens is 226 g/mol. The van der Waals surface area contributed by atoms with Crippen molar-refractivity contribution < 1.29 is 4.79 Å². The van der Waals surface area contributed by atoms with E-state index in [2.05, 4.69) is 21.9 Å². The van der Waals surface area contributed by atoms with E-state index in [4.69, 9.17) is 11.6 Å². The number of carbonyl (C=O) groups excluding carboxylic acids is 1. The number of H-pyrrole nitrogens is 1. The molecule has 0 spiro atoms. The van der Waals surface area contributed by atoms with Crippen LogP contribution in [0.1, 0.15) is 10.4 Å². The lowest BCUT2D eigenvalue weighted by Gasteiger charge is -2.01. The summed E-state index contributed by atoms with van der Waals surface area (Å²) in [5, 5.41) is 3.01. The summed E-state index contributed by atoms with van der Waals surface area (Å²) < 4.78 is 0. The summed E-state index contributed by atoms with van der Waals surface area (Å²) in [5.41, 5.74) is 2.05. The van der Waals surface area contributed by atoms with E-state index in [1.807, 2.05) is 0 Å². The quantitative estimate of drug-likeness (QED) is 0.801. The number of aromatic nitrogens is 2. The van der Waals surface area contributed by atoms with Gasteiger partial charge in [-0.3, -0.25) is 4.79 Å². The lowest BCUT2D eigenvalue weighted by atomic mass is 10.2. The molecule has 0 aliphatic rings. The summed E-state index contributed by atoms with van der Waals surface area (Å²) in [6, 6.07) is 5.17. The summed E-state index contributed by atoms with van der Waals surface area (Å²) in [4.78, 5) is 18.5. The molecule has 1 aromatic heterocycles. The van der Waals surface area contributed by atoms with Gasteiger partial charge in [0.1, 0.15) is 0 Å². The molecule has 0 saturated heterocycles. The fourth-order valence-electron chi connectivity index (χ4n) is 1.39. The minimum Gasteiger partial charge on any atom is -0.349 e. The first-order valence-electron chi connectivity index (χ1n) is 4.75. The van der Waals surface area contributed by atoms with Crippen molar-refractivity contribution in [1.29, 1.82) is 0 Å². The van der Waals surface area contributed by atoms with Crippen molar-refractivity contribution in [2.75, 3.05) is 6.54 Å². The average molecular weight is 236 g/mol. The zero-order valence-corrected chi connectivity index (χ0v) is 9.21. The van der Waals surface area contributed by atoms with Crippen LogP contribution in [0.15, 0.2) is 30.9 Å². The molecule has 5 heteroatoms. The van der Waals surface area contributed by atoms with Gasteiger partial charge in [-0.15, -0.1) is 6.58 Å². The predicted octanol–water partition coefficient (Wildman–Crippen LogP) is 2.13. The van der Waals surface area contributed by atoms with Gasteiger partial charge in [-0.2, -0.15) is 0 Å². The zero-order chi connectivity index (χ0) is 11.5. The van der Waals surface area contributed by atoms with Gasteiger partial charge in [-0.25, -0.2) is 4.98 Å². The number of carbonyl (C=O) groups is 1. The molecule has 0 unspecified atom stereocenters. The summed E-state index contributed by atoms with van der Waals surface area (Å²) >= 11 is 5.72. The van der Waals surface area contributed by atoms with Gasteiger partial charge in [0.05, 0.1) is 11.0 Å². The Hall–Kier alpha value is -1.81. The van der Waals surface area contributed by atoms with E-state index in [9.17, 15) is 4.79 Å². The Balaban J connectivity index is 2.31. The highest BCUT2D eigenvalue weighted by Crippen LogP contribution is 2.15. The number of hydrogen-bond donors (Lipinski definition) is 2. The van der Waals surface area contributed by atoms with Crippen molar-refractivity contribution in [1.82, 2.24) is 15.3 Å². The Morgan fingerprint density at radius 1 is 1.62 bits per heavy atom. The van der Waals surface area contributed by atoms with E-state index in [1.165, 1.54) is 0 Å². The number of aromatic amines is 1. The minimum absolute atomic E-state index is 0.146. The first-order chi connectivity index (χ1) is 7.70. The summed E-state index contributed by atoms with van der Waals surface area (Å²) in [6.07, 6.45) is 1.63. The van der Waals surface area contributed by atoms with E-state index in [0.717, 1.165) is 11.0 Å². The van der Waals surface area contributed by atoms with Crippen molar-refractivity contribution in [2.45, 2.75) is 0 Å². The Morgan fingerprint density at radius 3 is 3.19 bits per heavy atom. The van der Waals surface area contributed by atoms with Crippen LogP contribution >= 0.6 is 11.6 Å². The lowest BCUT2D eigenvalue weighted by Crippen LogP contribution is -2.22. The van der Waals surface area contributed by atoms with Crippen molar-refractivity contribution in [3.63, 3.8) is 0 Å². The molecule has 0 aliphatic carbocycles. The number of nitrogens with one attached hydrogen (secondary N) is 2. The lowest BCUT2D eigenvalue weighted by molar-refractivity contribution is 0.0958. The van der Waals surface area contributed by atoms with Gasteiger partial charge in [0.15, 0.2) is 0 Å². The molecule has 1 heterocycles. The maximum absolute atomic E-state index is 11.6. The molecule has 2 N–H and O–H groups in total. The topological polar surface area (TPSA) is 57.8 Å². The third-order valence-corrected chi connectivity index (χ3v) is 2.30. The van der Waals surface area contributed by atoms with Gasteiger partial charge >= 0.3 is 0 Å². The van der Waals surface area contributed by atoms with Crippen LogP contribution in [0.3, 0.4) is 0 Å². The fourth-order valence-corrected chi connectivity index (χ4v) is 1.58. The second-order valence-electron chi connectivity index (χ2n) is 3.26. The van der Waals surface area contributed by atoms with Crippen molar-refractivity contribution in [3.05, 3.63) is 41.7 Å². The summed E-state index contributed by atoms with van der Waals surface area (Å²) in [7, 11) is 0. The molecule has 0 fully saturated rings. The molecule has 1 aromatic carbocycles. The van der Waals surface area contributed by atoms with Gasteiger partial charge in [0, 0.05) is 12.1 Å². The third kappa shape index (κ3) is 2.06. The maximum Gasteiger partial charge on any atom is 0.251 e. The van der Waals surface area contributed by atoms with Crippen molar-refractivity contribution in [3.8, 4) is 0 Å². The van der Waals surface area contributed by atoms with E-state index in [-0.39, 0.29) is 5.91 Å². The third-order valence-electron chi connectivity index (χ3n) is 2.12. The molecule has 0 aliphatic heterocycles. The van der Waals surface area contributed by atoms with E-state index in [1.54, 1.807) is 24.3 Å². The molecule has 82 valence electrons. The number of amides is 1. The number of hydrogen-bond acceptors (Lipinski definition) is 2. The number of fused-ring (bicyclic) bond motifs is 1. The van der Waals surface area contributed by atoms with Crippen LogP contribution in [-0.4, -0.2) is 22.4 Å². The smallest absolute Gasteiger partial charge is 0.251 e. The van der Waals surface area contributed by atoms with Crippen LogP contribution in [0.25, 0.3) is 11.0 Å². The number of halogens is 1. The molecule has 0 saturated carbocycles. The highest BCUT2D eigenvalue weighted by molar-refractivity contribution is 6.29. The Morgan fingerprint density at radius 2 is 2.44 bits per heavy atom. The Kier molecular flexibility index (Phi) is 2.92. The number of benzene rings is 1. The van der Waals surface area contributed by atoms with Crippen LogP contribution in [0.4, 0.5) is 0 Å². The standard InChI is InChI=1S/C11H10ClN3O/c1-2-5-13-10(16)7-3-4-8-9(6-7)15-11(12)14-8/h2-4,6H,1,5H2,(H,13,16)(H,14,15). The van der Waals surface area contributed by atoms with Crippen LogP contribution in [0.2, 0.25) is 5.28 Å². The highest BCUT2D eigenvalue weighted by Gasteiger charge is 2.07. The zero-order valence-electron chi connectivity index (χ0n) is 8.46. The minimum atomic E-state index is -0.146. The Labute approximate surface area is 97.3 Å². The summed E-state index contributed by atoms with van der Waals surface area (Å²) in [6.45, 7) is 3.98. The van der Waals surface area contributed by atoms with Gasteiger partial charge in [-0.05, 0) is 29.8 Å². The van der Waals surface area contributed by atoms with Crippen LogP contribution in [0, 0.1) is 0 Å². The maximum atomic E-state index is 11.6. The first kappa shape index (κ1) is 10.7. The van der Waals surface area contributed by atoms with E-state index >= 15 is 0 Å². The molecule has 1 amide bonds. The van der Waals surface area contributed by atoms with Gasteiger partial charge < -0.3 is 10.3 Å². The molecular formula is C11H10ClN3O. The van der Waals surface area contributed by atoms with Crippen LogP contribution in [0.5, 0.6) is 0 Å². The van der Waals surface area contributed by atoms with Crippen molar-refractivity contribution >= 4 is 28.5 Å². The average Bonchev–Trinajstić information content (AvgIpc) is 2.64. The molecule has 16 heavy (non-hydrogen) atoms. The van der Waals surface area contributed by atoms with Crippen LogP contribution < -0.4 is 5.32 Å². The molecule has 4 nitrogen and oxygen atoms in total. The van der Waals surface area contributed by atoms with Crippen LogP contribution in [-0.2, 0) is 0 Å². The Bertz CT molecular complexity index is 547. The van der Waals surface area contributed by atoms with E-state index in [0.29, 0.717) is 17.4 Å². The monoisotopic (exact) mass is 235 g/mol. The second kappa shape index (κ2) is 4.37. The number of rotatable bonds is 3. The predicted molar refractivity (Wildman–Crippen MR) is 63.6 cm³/mol. The molecule has 0 radical (unpaired) electrons. The number of imidazole rings is 1. The van der Waals surface area contributed by atoms with Crippen molar-refractivity contribution in [2.24, 2.45) is 0 Å². The fraction of sp³-hybridized carbons (Fsp3) is 0.0909. The molecule has 2 aromatic rings. The molecule has 2 rings (SSSR count). The molecule has 0 bridgehead atoms. The van der Waals surface area contributed by atoms with Gasteiger partial charge in [0.2, 0.25) is 5.28 Å². The normalized spacial score (nSPS) is 10.3. The van der Waals surface area contributed by atoms with Gasteiger partial charge in [0.25, 0.3) is 5.91 Å². The SMILES string of the molecule is C=CCNC(=O)c1ccc2nc(Cl)[nH]c2c1. The highest BCUT2D eigenvalue weighted by atomic mass is 35.5. The number of nitrogens with zero attached hydrogens (tertiary/aromatic N) is 1. The largest absolute Gasteiger partial charge is 0.349 e.